The van der Waals surface area contributed by atoms with Gasteiger partial charge in [0, 0.05) is 44.3 Å². The molecular formula is C18H27N3. The van der Waals surface area contributed by atoms with E-state index in [9.17, 15) is 0 Å². The van der Waals surface area contributed by atoms with Crippen molar-refractivity contribution in [3.63, 3.8) is 0 Å². The summed E-state index contributed by atoms with van der Waals surface area (Å²) in [6, 6.07) is 11.1. The molecule has 0 aliphatic carbocycles. The largest absolute Gasteiger partial charge is 0.308 e. The lowest BCUT2D eigenvalue weighted by Gasteiger charge is -2.44. The van der Waals surface area contributed by atoms with Crippen molar-refractivity contribution in [1.82, 2.24) is 15.1 Å². The molecule has 3 aliphatic heterocycles. The van der Waals surface area contributed by atoms with Crippen LogP contribution in [0.2, 0.25) is 0 Å². The van der Waals surface area contributed by atoms with Crippen LogP contribution in [0, 0.1) is 0 Å². The fourth-order valence-electron chi connectivity index (χ4n) is 4.44. The number of rotatable bonds is 2. The van der Waals surface area contributed by atoms with Crippen molar-refractivity contribution in [2.45, 2.75) is 50.9 Å². The molecular weight excluding hydrogens is 258 g/mol. The van der Waals surface area contributed by atoms with Crippen LogP contribution in [-0.4, -0.2) is 54.1 Å². The molecule has 3 unspecified atom stereocenters. The molecule has 0 saturated carbocycles. The van der Waals surface area contributed by atoms with E-state index in [0.29, 0.717) is 12.1 Å². The maximum absolute atomic E-state index is 3.75. The summed E-state index contributed by atoms with van der Waals surface area (Å²) in [5.74, 6) is 0. The van der Waals surface area contributed by atoms with Gasteiger partial charge in [0.15, 0.2) is 0 Å². The molecule has 4 rings (SSSR count). The molecule has 0 radical (unpaired) electrons. The van der Waals surface area contributed by atoms with E-state index >= 15 is 0 Å². The Bertz CT molecular complexity index is 501. The number of benzene rings is 1. The predicted molar refractivity (Wildman–Crippen MR) is 86.4 cm³/mol. The smallest absolute Gasteiger partial charge is 0.0238 e. The van der Waals surface area contributed by atoms with Crippen LogP contribution in [0.3, 0.4) is 0 Å². The summed E-state index contributed by atoms with van der Waals surface area (Å²) in [5, 5.41) is 3.75. The molecule has 0 aromatic heterocycles. The third-order valence-corrected chi connectivity index (χ3v) is 5.69. The lowest BCUT2D eigenvalue weighted by Crippen LogP contribution is -2.58. The van der Waals surface area contributed by atoms with Gasteiger partial charge in [-0.25, -0.2) is 0 Å². The Morgan fingerprint density at radius 3 is 2.95 bits per heavy atom. The Labute approximate surface area is 128 Å². The van der Waals surface area contributed by atoms with Crippen molar-refractivity contribution >= 4 is 0 Å². The highest BCUT2D eigenvalue weighted by molar-refractivity contribution is 5.30. The molecule has 3 heteroatoms. The quantitative estimate of drug-likeness (QED) is 0.895. The average Bonchev–Trinajstić information content (AvgIpc) is 2.94. The van der Waals surface area contributed by atoms with E-state index in [0.717, 1.165) is 12.6 Å². The maximum Gasteiger partial charge on any atom is 0.0238 e. The molecule has 1 aromatic carbocycles. The highest BCUT2D eigenvalue weighted by Gasteiger charge is 2.35. The third kappa shape index (κ3) is 2.75. The van der Waals surface area contributed by atoms with E-state index in [-0.39, 0.29) is 0 Å². The minimum Gasteiger partial charge on any atom is -0.308 e. The monoisotopic (exact) mass is 285 g/mol. The summed E-state index contributed by atoms with van der Waals surface area (Å²) in [5.41, 5.74) is 3.04. The van der Waals surface area contributed by atoms with E-state index in [1.165, 1.54) is 51.0 Å². The summed E-state index contributed by atoms with van der Waals surface area (Å²) in [4.78, 5) is 5.45. The number of piperazine rings is 1. The summed E-state index contributed by atoms with van der Waals surface area (Å²) in [7, 11) is 0. The molecule has 2 fully saturated rings. The Morgan fingerprint density at radius 2 is 2.05 bits per heavy atom. The lowest BCUT2D eigenvalue weighted by molar-refractivity contribution is 0.0517. The van der Waals surface area contributed by atoms with Crippen molar-refractivity contribution in [2.24, 2.45) is 0 Å². The van der Waals surface area contributed by atoms with Crippen molar-refractivity contribution in [3.05, 3.63) is 35.4 Å². The molecule has 2 saturated heterocycles. The Hall–Kier alpha value is -0.900. The van der Waals surface area contributed by atoms with Gasteiger partial charge >= 0.3 is 0 Å². The Kier molecular flexibility index (Phi) is 3.74. The highest BCUT2D eigenvalue weighted by atomic mass is 15.3. The molecule has 0 amide bonds. The van der Waals surface area contributed by atoms with E-state index in [4.69, 9.17) is 0 Å². The first-order chi connectivity index (χ1) is 10.3. The number of nitrogens with zero attached hydrogens (tertiary/aromatic N) is 2. The van der Waals surface area contributed by atoms with Gasteiger partial charge in [0.1, 0.15) is 0 Å². The zero-order valence-electron chi connectivity index (χ0n) is 13.1. The standard InChI is InChI=1S/C18H27N3/c1-14-11-20-8-4-7-18(20)13-21(14)12-17-9-15-5-2-3-6-16(15)10-19-17/h2-3,5-6,14,17-19H,4,7-13H2,1H3. The minimum absolute atomic E-state index is 0.621. The van der Waals surface area contributed by atoms with Gasteiger partial charge in [-0.1, -0.05) is 24.3 Å². The van der Waals surface area contributed by atoms with Gasteiger partial charge in [-0.2, -0.15) is 0 Å². The summed E-state index contributed by atoms with van der Waals surface area (Å²) < 4.78 is 0. The van der Waals surface area contributed by atoms with Crippen molar-refractivity contribution in [2.75, 3.05) is 26.2 Å². The molecule has 21 heavy (non-hydrogen) atoms. The average molecular weight is 285 g/mol. The third-order valence-electron chi connectivity index (χ3n) is 5.69. The van der Waals surface area contributed by atoms with E-state index in [1.807, 2.05) is 0 Å². The van der Waals surface area contributed by atoms with Gasteiger partial charge in [-0.15, -0.1) is 0 Å². The first-order valence-electron chi connectivity index (χ1n) is 8.58. The molecule has 3 atom stereocenters. The van der Waals surface area contributed by atoms with Crippen LogP contribution in [0.1, 0.15) is 30.9 Å². The predicted octanol–water partition coefficient (Wildman–Crippen LogP) is 1.87. The van der Waals surface area contributed by atoms with E-state index in [2.05, 4.69) is 46.3 Å². The molecule has 0 bridgehead atoms. The molecule has 1 N–H and O–H groups in total. The molecule has 3 aliphatic rings. The van der Waals surface area contributed by atoms with Gasteiger partial charge in [-0.3, -0.25) is 9.80 Å². The second kappa shape index (κ2) is 5.71. The second-order valence-electron chi connectivity index (χ2n) is 7.14. The molecule has 3 nitrogen and oxygen atoms in total. The topological polar surface area (TPSA) is 18.5 Å². The summed E-state index contributed by atoms with van der Waals surface area (Å²) in [6.07, 6.45) is 4.00. The highest BCUT2D eigenvalue weighted by Crippen LogP contribution is 2.25. The number of fused-ring (bicyclic) bond motifs is 2. The lowest BCUT2D eigenvalue weighted by atomic mass is 9.95. The fourth-order valence-corrected chi connectivity index (χ4v) is 4.44. The number of hydrogen-bond acceptors (Lipinski definition) is 3. The van der Waals surface area contributed by atoms with Gasteiger partial charge in [0.2, 0.25) is 0 Å². The van der Waals surface area contributed by atoms with E-state index < -0.39 is 0 Å². The van der Waals surface area contributed by atoms with Gasteiger partial charge in [-0.05, 0) is 43.9 Å². The zero-order chi connectivity index (χ0) is 14.2. The van der Waals surface area contributed by atoms with Crippen LogP contribution in [0.5, 0.6) is 0 Å². The fraction of sp³-hybridized carbons (Fsp3) is 0.667. The summed E-state index contributed by atoms with van der Waals surface area (Å²) >= 11 is 0. The van der Waals surface area contributed by atoms with Crippen LogP contribution in [0.4, 0.5) is 0 Å². The maximum atomic E-state index is 3.75. The van der Waals surface area contributed by atoms with Crippen LogP contribution in [-0.2, 0) is 13.0 Å². The molecule has 0 spiro atoms. The van der Waals surface area contributed by atoms with Gasteiger partial charge < -0.3 is 5.32 Å². The van der Waals surface area contributed by atoms with Gasteiger partial charge in [0.25, 0.3) is 0 Å². The van der Waals surface area contributed by atoms with Crippen molar-refractivity contribution < 1.29 is 0 Å². The van der Waals surface area contributed by atoms with Crippen LogP contribution in [0.25, 0.3) is 0 Å². The Morgan fingerprint density at radius 1 is 1.19 bits per heavy atom. The first-order valence-corrected chi connectivity index (χ1v) is 8.58. The zero-order valence-corrected chi connectivity index (χ0v) is 13.1. The number of nitrogens with one attached hydrogen (secondary N) is 1. The van der Waals surface area contributed by atoms with Crippen molar-refractivity contribution in [1.29, 1.82) is 0 Å². The van der Waals surface area contributed by atoms with Crippen LogP contribution >= 0.6 is 0 Å². The summed E-state index contributed by atoms with van der Waals surface area (Å²) in [6.45, 7) is 8.54. The first kappa shape index (κ1) is 13.7. The molecule has 114 valence electrons. The SMILES string of the molecule is CC1CN2CCCC2CN1CC1Cc2ccccc2CN1. The Balaban J connectivity index is 1.40. The molecule has 3 heterocycles. The normalized spacial score (nSPS) is 33.7. The second-order valence-corrected chi connectivity index (χ2v) is 7.14. The van der Waals surface area contributed by atoms with Crippen LogP contribution in [0.15, 0.2) is 24.3 Å². The minimum atomic E-state index is 0.621. The van der Waals surface area contributed by atoms with E-state index in [1.54, 1.807) is 5.56 Å². The van der Waals surface area contributed by atoms with Crippen molar-refractivity contribution in [3.8, 4) is 0 Å². The molecule has 1 aromatic rings. The van der Waals surface area contributed by atoms with Gasteiger partial charge in [0.05, 0.1) is 0 Å². The number of hydrogen-bond donors (Lipinski definition) is 1. The van der Waals surface area contributed by atoms with Crippen LogP contribution < -0.4 is 5.32 Å².